The quantitative estimate of drug-likeness (QED) is 0.560. The van der Waals surface area contributed by atoms with Crippen molar-refractivity contribution in [1.29, 1.82) is 0 Å². The number of aromatic nitrogens is 2. The zero-order valence-corrected chi connectivity index (χ0v) is 17.2. The lowest BCUT2D eigenvalue weighted by molar-refractivity contribution is -0.137. The number of alkyl halides is 3. The van der Waals surface area contributed by atoms with Gasteiger partial charge in [0.1, 0.15) is 0 Å². The molecule has 1 saturated heterocycles. The van der Waals surface area contributed by atoms with E-state index >= 15 is 0 Å². The summed E-state index contributed by atoms with van der Waals surface area (Å²) in [6.07, 6.45) is -2.70. The molecule has 4 rings (SSSR count). The van der Waals surface area contributed by atoms with E-state index in [2.05, 4.69) is 10.3 Å². The molecule has 1 aliphatic rings. The summed E-state index contributed by atoms with van der Waals surface area (Å²) in [6.45, 7) is 0.769. The smallest absolute Gasteiger partial charge is 0.392 e. The summed E-state index contributed by atoms with van der Waals surface area (Å²) < 4.78 is 40.5. The van der Waals surface area contributed by atoms with Gasteiger partial charge in [-0.15, -0.1) is 0 Å². The van der Waals surface area contributed by atoms with Crippen LogP contribution in [0.2, 0.25) is 0 Å². The Bertz CT molecular complexity index is 1160. The van der Waals surface area contributed by atoms with Gasteiger partial charge in [0, 0.05) is 6.04 Å². The van der Waals surface area contributed by atoms with Crippen molar-refractivity contribution >= 4 is 10.9 Å². The highest BCUT2D eigenvalue weighted by Crippen LogP contribution is 2.32. The third-order valence-electron chi connectivity index (χ3n) is 5.83. The van der Waals surface area contributed by atoms with Crippen molar-refractivity contribution in [2.75, 3.05) is 6.54 Å². The maximum absolute atomic E-state index is 13.1. The Morgan fingerprint density at radius 1 is 1.19 bits per heavy atom. The number of nitrogens with zero attached hydrogens (tertiary/aromatic N) is 2. The Morgan fingerprint density at radius 3 is 2.72 bits per heavy atom. The van der Waals surface area contributed by atoms with Gasteiger partial charge in [-0.3, -0.25) is 9.36 Å². The first-order valence-electron chi connectivity index (χ1n) is 10.5. The van der Waals surface area contributed by atoms with E-state index in [9.17, 15) is 28.2 Å². The van der Waals surface area contributed by atoms with E-state index in [1.807, 2.05) is 0 Å². The molecule has 6 nitrogen and oxygen atoms in total. The van der Waals surface area contributed by atoms with Gasteiger partial charge < -0.3 is 15.5 Å². The van der Waals surface area contributed by atoms with Crippen LogP contribution in [0.5, 0.6) is 0 Å². The molecule has 1 unspecified atom stereocenters. The highest BCUT2D eigenvalue weighted by molar-refractivity contribution is 5.83. The number of benzene rings is 2. The summed E-state index contributed by atoms with van der Waals surface area (Å²) >= 11 is 0. The average molecular weight is 447 g/mol. The SMILES string of the molecule is O=c1c2cc(-c3cccc(C(F)(F)F)c3)ccc2ncn1CC(O)C[C@H]1NCCC[C@@H]1O. The zero-order chi connectivity index (χ0) is 22.9. The molecular formula is C23H24F3N3O3. The molecule has 1 aromatic heterocycles. The summed E-state index contributed by atoms with van der Waals surface area (Å²) in [6, 6.07) is 9.42. The fourth-order valence-corrected chi connectivity index (χ4v) is 4.11. The minimum Gasteiger partial charge on any atom is -0.392 e. The minimum absolute atomic E-state index is 0.000456. The van der Waals surface area contributed by atoms with Crippen LogP contribution in [0.25, 0.3) is 22.0 Å². The Balaban J connectivity index is 1.60. The Hall–Kier alpha value is -2.75. The van der Waals surface area contributed by atoms with E-state index in [4.69, 9.17) is 0 Å². The van der Waals surface area contributed by atoms with Gasteiger partial charge in [-0.2, -0.15) is 13.2 Å². The van der Waals surface area contributed by atoms with Crippen molar-refractivity contribution < 1.29 is 23.4 Å². The molecule has 0 radical (unpaired) electrons. The Morgan fingerprint density at radius 2 is 1.97 bits per heavy atom. The van der Waals surface area contributed by atoms with E-state index in [-0.39, 0.29) is 30.0 Å². The number of hydrogen-bond acceptors (Lipinski definition) is 5. The van der Waals surface area contributed by atoms with Gasteiger partial charge in [0.05, 0.1) is 41.5 Å². The van der Waals surface area contributed by atoms with Crippen molar-refractivity contribution in [2.45, 2.75) is 50.2 Å². The molecule has 3 aromatic rings. The number of nitrogens with one attached hydrogen (secondary N) is 1. The first-order chi connectivity index (χ1) is 15.2. The van der Waals surface area contributed by atoms with Gasteiger partial charge in [0.15, 0.2) is 0 Å². The molecule has 9 heteroatoms. The maximum Gasteiger partial charge on any atom is 0.416 e. The predicted molar refractivity (Wildman–Crippen MR) is 114 cm³/mol. The van der Waals surface area contributed by atoms with Crippen LogP contribution in [-0.2, 0) is 12.7 Å². The summed E-state index contributed by atoms with van der Waals surface area (Å²) in [4.78, 5) is 17.3. The fourth-order valence-electron chi connectivity index (χ4n) is 4.11. The largest absolute Gasteiger partial charge is 0.416 e. The van der Waals surface area contributed by atoms with Gasteiger partial charge >= 0.3 is 6.18 Å². The van der Waals surface area contributed by atoms with E-state index in [1.165, 1.54) is 23.0 Å². The molecule has 0 bridgehead atoms. The fraction of sp³-hybridized carbons (Fsp3) is 0.391. The Kier molecular flexibility index (Phi) is 6.32. The number of aliphatic hydroxyl groups excluding tert-OH is 2. The van der Waals surface area contributed by atoms with Crippen LogP contribution >= 0.6 is 0 Å². The van der Waals surface area contributed by atoms with Crippen LogP contribution in [0, 0.1) is 0 Å². The molecule has 0 amide bonds. The molecule has 32 heavy (non-hydrogen) atoms. The van der Waals surface area contributed by atoms with Crippen molar-refractivity contribution in [1.82, 2.24) is 14.9 Å². The first-order valence-corrected chi connectivity index (χ1v) is 10.5. The lowest BCUT2D eigenvalue weighted by atomic mass is 9.96. The van der Waals surface area contributed by atoms with Gasteiger partial charge in [-0.25, -0.2) is 4.98 Å². The molecule has 2 heterocycles. The van der Waals surface area contributed by atoms with Crippen molar-refractivity contribution in [3.63, 3.8) is 0 Å². The molecule has 2 aromatic carbocycles. The maximum atomic E-state index is 13.1. The molecular weight excluding hydrogens is 423 g/mol. The molecule has 3 N–H and O–H groups in total. The molecule has 0 saturated carbocycles. The lowest BCUT2D eigenvalue weighted by Gasteiger charge is -2.30. The highest BCUT2D eigenvalue weighted by Gasteiger charge is 2.30. The van der Waals surface area contributed by atoms with E-state index in [0.717, 1.165) is 25.1 Å². The van der Waals surface area contributed by atoms with Gasteiger partial charge in [-0.1, -0.05) is 18.2 Å². The number of fused-ring (bicyclic) bond motifs is 1. The van der Waals surface area contributed by atoms with Gasteiger partial charge in [0.2, 0.25) is 0 Å². The standard InChI is InChI=1S/C23H24F3N3O3/c24-23(25,26)16-4-1-3-14(9-16)15-6-7-19-18(10-15)22(32)29(13-28-19)12-17(30)11-20-21(31)5-2-8-27-20/h1,3-4,6-7,9-10,13,17,20-21,27,30-31H,2,5,8,11-12H2/t17?,20-,21+/m1/s1. The number of rotatable bonds is 5. The van der Waals surface area contributed by atoms with Crippen LogP contribution in [-0.4, -0.2) is 44.6 Å². The first kappa shape index (κ1) is 22.4. The van der Waals surface area contributed by atoms with E-state index in [0.29, 0.717) is 23.1 Å². The second-order valence-corrected chi connectivity index (χ2v) is 8.17. The minimum atomic E-state index is -4.46. The third-order valence-corrected chi connectivity index (χ3v) is 5.83. The third kappa shape index (κ3) is 4.85. The van der Waals surface area contributed by atoms with Crippen LogP contribution < -0.4 is 10.9 Å². The molecule has 0 aliphatic carbocycles. The predicted octanol–water partition coefficient (Wildman–Crippen LogP) is 2.95. The van der Waals surface area contributed by atoms with Crippen molar-refractivity contribution in [3.8, 4) is 11.1 Å². The summed E-state index contributed by atoms with van der Waals surface area (Å²) in [5.41, 5.74) is 0.0745. The number of aliphatic hydroxyl groups is 2. The van der Waals surface area contributed by atoms with Crippen molar-refractivity contribution in [2.24, 2.45) is 0 Å². The van der Waals surface area contributed by atoms with Crippen LogP contribution in [0.4, 0.5) is 13.2 Å². The summed E-state index contributed by atoms with van der Waals surface area (Å²) in [5, 5.41) is 24.0. The Labute approximate surface area is 182 Å². The topological polar surface area (TPSA) is 87.4 Å². The molecule has 1 fully saturated rings. The lowest BCUT2D eigenvalue weighted by Crippen LogP contribution is -2.47. The second kappa shape index (κ2) is 9.01. The molecule has 3 atom stereocenters. The van der Waals surface area contributed by atoms with Crippen LogP contribution in [0.1, 0.15) is 24.8 Å². The highest BCUT2D eigenvalue weighted by atomic mass is 19.4. The molecule has 0 spiro atoms. The van der Waals surface area contributed by atoms with Crippen LogP contribution in [0.15, 0.2) is 53.6 Å². The normalized spacial score (nSPS) is 20.4. The summed E-state index contributed by atoms with van der Waals surface area (Å²) in [7, 11) is 0. The number of halogens is 3. The summed E-state index contributed by atoms with van der Waals surface area (Å²) in [5.74, 6) is 0. The van der Waals surface area contributed by atoms with Crippen LogP contribution in [0.3, 0.4) is 0 Å². The number of piperidine rings is 1. The van der Waals surface area contributed by atoms with Gasteiger partial charge in [-0.05, 0) is 61.2 Å². The van der Waals surface area contributed by atoms with Crippen molar-refractivity contribution in [3.05, 3.63) is 64.7 Å². The van der Waals surface area contributed by atoms with E-state index in [1.54, 1.807) is 18.2 Å². The zero-order valence-electron chi connectivity index (χ0n) is 17.2. The van der Waals surface area contributed by atoms with E-state index < -0.39 is 23.9 Å². The number of hydrogen-bond donors (Lipinski definition) is 3. The molecule has 170 valence electrons. The molecule has 1 aliphatic heterocycles. The second-order valence-electron chi connectivity index (χ2n) is 8.17. The average Bonchev–Trinajstić information content (AvgIpc) is 2.77. The monoisotopic (exact) mass is 447 g/mol. The van der Waals surface area contributed by atoms with Gasteiger partial charge in [0.25, 0.3) is 5.56 Å².